The Kier molecular flexibility index (Phi) is 5.62. The Morgan fingerprint density at radius 2 is 1.93 bits per heavy atom. The van der Waals surface area contributed by atoms with Crippen LogP contribution in [0.2, 0.25) is 0 Å². The fourth-order valence-corrected chi connectivity index (χ4v) is 2.08. The quantitative estimate of drug-likeness (QED) is 0.665. The van der Waals surface area contributed by atoms with Crippen molar-refractivity contribution in [1.29, 1.82) is 0 Å². The van der Waals surface area contributed by atoms with Gasteiger partial charge in [-0.25, -0.2) is 0 Å². The summed E-state index contributed by atoms with van der Waals surface area (Å²) in [6.07, 6.45) is 5.52. The number of hydrogen-bond acceptors (Lipinski definition) is 2. The van der Waals surface area contributed by atoms with Gasteiger partial charge < -0.3 is 10.2 Å². The van der Waals surface area contributed by atoms with Gasteiger partial charge in [0.05, 0.1) is 0 Å². The van der Waals surface area contributed by atoms with Gasteiger partial charge in [0, 0.05) is 18.6 Å². The molecule has 0 saturated heterocycles. The summed E-state index contributed by atoms with van der Waals surface area (Å²) in [5, 5.41) is 3.31. The highest BCUT2D eigenvalue weighted by Crippen LogP contribution is 2.27. The van der Waals surface area contributed by atoms with E-state index in [1.54, 1.807) is 0 Å². The van der Waals surface area contributed by atoms with Crippen LogP contribution in [0, 0.1) is 5.92 Å². The number of hydrogen-bond donors (Lipinski definition) is 1. The second-order valence-corrected chi connectivity index (χ2v) is 5.45. The topological polar surface area (TPSA) is 15.3 Å². The fourth-order valence-electron chi connectivity index (χ4n) is 2.08. The predicted molar refractivity (Wildman–Crippen MR) is 67.2 cm³/mol. The molecule has 1 fully saturated rings. The van der Waals surface area contributed by atoms with Gasteiger partial charge in [0.2, 0.25) is 0 Å². The largest absolute Gasteiger partial charge is 0.317 e. The third kappa shape index (κ3) is 5.53. The lowest BCUT2D eigenvalue weighted by Gasteiger charge is -2.24. The van der Waals surface area contributed by atoms with Crippen LogP contribution in [0.5, 0.6) is 0 Å². The summed E-state index contributed by atoms with van der Waals surface area (Å²) in [5.41, 5.74) is 0. The first kappa shape index (κ1) is 13.0. The molecule has 1 aliphatic carbocycles. The van der Waals surface area contributed by atoms with E-state index >= 15 is 0 Å². The van der Waals surface area contributed by atoms with Gasteiger partial charge in [0.1, 0.15) is 0 Å². The average molecular weight is 212 g/mol. The van der Waals surface area contributed by atoms with Gasteiger partial charge in [-0.2, -0.15) is 0 Å². The van der Waals surface area contributed by atoms with Crippen LogP contribution in [0.1, 0.15) is 46.5 Å². The summed E-state index contributed by atoms with van der Waals surface area (Å²) in [7, 11) is 2.05. The Labute approximate surface area is 95.4 Å². The fraction of sp³-hybridized carbons (Fsp3) is 1.00. The molecule has 0 spiro atoms. The highest BCUT2D eigenvalue weighted by Gasteiger charge is 2.28. The van der Waals surface area contributed by atoms with Crippen molar-refractivity contribution < 1.29 is 0 Å². The maximum absolute atomic E-state index is 3.31. The van der Waals surface area contributed by atoms with Gasteiger partial charge in [-0.3, -0.25) is 0 Å². The van der Waals surface area contributed by atoms with Gasteiger partial charge in [0.25, 0.3) is 0 Å². The summed E-state index contributed by atoms with van der Waals surface area (Å²) in [6, 6.07) is 1.60. The maximum Gasteiger partial charge on any atom is 0.00965 e. The summed E-state index contributed by atoms with van der Waals surface area (Å²) in [4.78, 5) is 2.70. The summed E-state index contributed by atoms with van der Waals surface area (Å²) < 4.78 is 0. The van der Waals surface area contributed by atoms with Crippen LogP contribution in [0.4, 0.5) is 0 Å². The van der Waals surface area contributed by atoms with E-state index < -0.39 is 0 Å². The molecule has 0 aromatic rings. The summed E-state index contributed by atoms with van der Waals surface area (Å²) in [5.74, 6) is 0.812. The molecule has 90 valence electrons. The van der Waals surface area contributed by atoms with E-state index in [0.717, 1.165) is 12.0 Å². The number of nitrogens with zero attached hydrogens (tertiary/aromatic N) is 1. The normalized spacial score (nSPS) is 18.8. The van der Waals surface area contributed by atoms with Crippen molar-refractivity contribution in [2.75, 3.05) is 20.1 Å². The Balaban J connectivity index is 2.14. The Morgan fingerprint density at radius 1 is 1.27 bits per heavy atom. The molecule has 2 heteroatoms. The van der Waals surface area contributed by atoms with E-state index in [9.17, 15) is 0 Å². The molecule has 1 saturated carbocycles. The van der Waals surface area contributed by atoms with Crippen molar-refractivity contribution in [2.45, 2.75) is 58.5 Å². The molecule has 1 aliphatic rings. The molecule has 1 rings (SSSR count). The highest BCUT2D eigenvalue weighted by atomic mass is 15.2. The Morgan fingerprint density at radius 3 is 2.40 bits per heavy atom. The second-order valence-electron chi connectivity index (χ2n) is 5.45. The van der Waals surface area contributed by atoms with Crippen LogP contribution < -0.4 is 5.32 Å². The predicted octanol–water partition coefficient (Wildman–Crippen LogP) is 2.49. The van der Waals surface area contributed by atoms with Crippen LogP contribution >= 0.6 is 0 Å². The first-order valence-electron chi connectivity index (χ1n) is 6.54. The Hall–Kier alpha value is -0.0800. The van der Waals surface area contributed by atoms with Gasteiger partial charge in [0.15, 0.2) is 0 Å². The van der Waals surface area contributed by atoms with Crippen molar-refractivity contribution >= 4 is 0 Å². The molecule has 0 aromatic carbocycles. The van der Waals surface area contributed by atoms with E-state index in [1.807, 2.05) is 0 Å². The first-order valence-corrected chi connectivity index (χ1v) is 6.54. The number of nitrogens with one attached hydrogen (secondary N) is 1. The minimum Gasteiger partial charge on any atom is -0.317 e. The third-order valence-electron chi connectivity index (χ3n) is 3.24. The van der Waals surface area contributed by atoms with E-state index in [4.69, 9.17) is 0 Å². The van der Waals surface area contributed by atoms with Crippen molar-refractivity contribution in [3.63, 3.8) is 0 Å². The SMILES string of the molecule is CNC(C)CCCN(CC(C)C)C1CC1. The van der Waals surface area contributed by atoms with E-state index in [2.05, 4.69) is 38.0 Å². The number of rotatable bonds is 8. The van der Waals surface area contributed by atoms with Gasteiger partial charge in [-0.15, -0.1) is 0 Å². The molecular weight excluding hydrogens is 184 g/mol. The zero-order valence-electron chi connectivity index (χ0n) is 10.9. The standard InChI is InChI=1S/C13H28N2/c1-11(2)10-15(13-7-8-13)9-5-6-12(3)14-4/h11-14H,5-10H2,1-4H3. The zero-order chi connectivity index (χ0) is 11.3. The zero-order valence-corrected chi connectivity index (χ0v) is 10.9. The minimum atomic E-state index is 0.671. The van der Waals surface area contributed by atoms with Crippen molar-refractivity contribution in [1.82, 2.24) is 10.2 Å². The van der Waals surface area contributed by atoms with Crippen LogP contribution in [-0.4, -0.2) is 37.1 Å². The second kappa shape index (κ2) is 6.49. The lowest BCUT2D eigenvalue weighted by Crippen LogP contribution is -2.32. The molecule has 0 heterocycles. The van der Waals surface area contributed by atoms with Gasteiger partial charge >= 0.3 is 0 Å². The lowest BCUT2D eigenvalue weighted by atomic mass is 10.1. The molecule has 2 nitrogen and oxygen atoms in total. The van der Waals surface area contributed by atoms with E-state index in [1.165, 1.54) is 38.8 Å². The third-order valence-corrected chi connectivity index (χ3v) is 3.24. The maximum atomic E-state index is 3.31. The van der Waals surface area contributed by atoms with E-state index in [0.29, 0.717) is 6.04 Å². The van der Waals surface area contributed by atoms with Crippen molar-refractivity contribution in [3.8, 4) is 0 Å². The monoisotopic (exact) mass is 212 g/mol. The lowest BCUT2D eigenvalue weighted by molar-refractivity contribution is 0.227. The van der Waals surface area contributed by atoms with Crippen molar-refractivity contribution in [3.05, 3.63) is 0 Å². The van der Waals surface area contributed by atoms with Crippen molar-refractivity contribution in [2.24, 2.45) is 5.92 Å². The van der Waals surface area contributed by atoms with E-state index in [-0.39, 0.29) is 0 Å². The molecule has 0 amide bonds. The van der Waals surface area contributed by atoms with Gasteiger partial charge in [-0.05, 0) is 52.1 Å². The van der Waals surface area contributed by atoms with Gasteiger partial charge in [-0.1, -0.05) is 13.8 Å². The average Bonchev–Trinajstić information content (AvgIpc) is 2.98. The molecule has 0 radical (unpaired) electrons. The van der Waals surface area contributed by atoms with Crippen LogP contribution in [0.3, 0.4) is 0 Å². The highest BCUT2D eigenvalue weighted by molar-refractivity contribution is 4.84. The molecule has 1 N–H and O–H groups in total. The summed E-state index contributed by atoms with van der Waals surface area (Å²) >= 11 is 0. The molecule has 1 unspecified atom stereocenters. The molecule has 0 aliphatic heterocycles. The molecule has 0 aromatic heterocycles. The minimum absolute atomic E-state index is 0.671. The molecular formula is C13H28N2. The molecule has 0 bridgehead atoms. The summed E-state index contributed by atoms with van der Waals surface area (Å²) in [6.45, 7) is 9.51. The molecule has 1 atom stereocenters. The first-order chi connectivity index (χ1) is 7.13. The smallest absolute Gasteiger partial charge is 0.00965 e. The Bertz CT molecular complexity index is 164. The molecule has 15 heavy (non-hydrogen) atoms. The van der Waals surface area contributed by atoms with Crippen LogP contribution in [0.25, 0.3) is 0 Å². The van der Waals surface area contributed by atoms with Crippen LogP contribution in [0.15, 0.2) is 0 Å². The van der Waals surface area contributed by atoms with Crippen LogP contribution in [-0.2, 0) is 0 Å².